The van der Waals surface area contributed by atoms with E-state index in [4.69, 9.17) is 10.1 Å². The van der Waals surface area contributed by atoms with Gasteiger partial charge in [0, 0.05) is 29.4 Å². The lowest BCUT2D eigenvalue weighted by molar-refractivity contribution is 0.303. The van der Waals surface area contributed by atoms with Crippen molar-refractivity contribution in [3.8, 4) is 11.3 Å². The number of nitrogens with zero attached hydrogens (tertiary/aromatic N) is 4. The Labute approximate surface area is 171 Å². The first-order valence-corrected chi connectivity index (χ1v) is 10.8. The average molecular weight is 396 g/mol. The van der Waals surface area contributed by atoms with E-state index in [0.717, 1.165) is 68.2 Å². The van der Waals surface area contributed by atoms with Gasteiger partial charge in [-0.2, -0.15) is 9.61 Å². The molecule has 154 valence electrons. The molecule has 1 N–H and O–H groups in total. The van der Waals surface area contributed by atoms with Crippen molar-refractivity contribution < 1.29 is 4.39 Å². The molecule has 0 saturated carbocycles. The average Bonchev–Trinajstić information content (AvgIpc) is 3.17. The molecular weight excluding hydrogens is 365 g/mol. The second-order valence-corrected chi connectivity index (χ2v) is 7.71. The van der Waals surface area contributed by atoms with Crippen LogP contribution in [0, 0.1) is 5.82 Å². The van der Waals surface area contributed by atoms with Gasteiger partial charge in [0.05, 0.1) is 5.69 Å². The fourth-order valence-electron chi connectivity index (χ4n) is 4.14. The summed E-state index contributed by atoms with van der Waals surface area (Å²) in [7, 11) is 0. The SMILES string of the molecule is CCN(CC)CCCNc1c2c(nc3cc(-c4ccc(F)cc4)nn13)CCCC2. The number of anilines is 1. The molecule has 5 nitrogen and oxygen atoms in total. The number of hydrogen-bond acceptors (Lipinski definition) is 4. The molecule has 0 atom stereocenters. The molecular formula is C23H30FN5. The van der Waals surface area contributed by atoms with Gasteiger partial charge in [0.1, 0.15) is 11.6 Å². The smallest absolute Gasteiger partial charge is 0.158 e. The molecule has 29 heavy (non-hydrogen) atoms. The molecule has 1 aromatic carbocycles. The Morgan fingerprint density at radius 1 is 1.10 bits per heavy atom. The van der Waals surface area contributed by atoms with Crippen LogP contribution in [0.25, 0.3) is 16.9 Å². The molecule has 1 aliphatic carbocycles. The van der Waals surface area contributed by atoms with Crippen molar-refractivity contribution in [1.29, 1.82) is 0 Å². The Kier molecular flexibility index (Phi) is 6.09. The van der Waals surface area contributed by atoms with Gasteiger partial charge in [-0.3, -0.25) is 0 Å². The maximum absolute atomic E-state index is 13.3. The topological polar surface area (TPSA) is 45.5 Å². The zero-order chi connectivity index (χ0) is 20.2. The first-order chi connectivity index (χ1) is 14.2. The zero-order valence-corrected chi connectivity index (χ0v) is 17.4. The van der Waals surface area contributed by atoms with Gasteiger partial charge in [-0.15, -0.1) is 0 Å². The summed E-state index contributed by atoms with van der Waals surface area (Å²) in [5, 5.41) is 8.49. The standard InChI is InChI=1S/C23H30FN5/c1-3-28(4-2)15-7-14-25-23-19-8-5-6-9-20(19)26-22-16-21(27-29(22)23)17-10-12-18(24)13-11-17/h10-13,16,25H,3-9,14-15H2,1-2H3. The van der Waals surface area contributed by atoms with Crippen LogP contribution >= 0.6 is 0 Å². The molecule has 0 saturated heterocycles. The number of rotatable bonds is 8. The van der Waals surface area contributed by atoms with Gasteiger partial charge in [0.15, 0.2) is 5.65 Å². The Morgan fingerprint density at radius 2 is 1.86 bits per heavy atom. The second-order valence-electron chi connectivity index (χ2n) is 7.71. The minimum Gasteiger partial charge on any atom is -0.370 e. The largest absolute Gasteiger partial charge is 0.370 e. The molecule has 3 aromatic rings. The van der Waals surface area contributed by atoms with Gasteiger partial charge < -0.3 is 10.2 Å². The lowest BCUT2D eigenvalue weighted by Crippen LogP contribution is -2.26. The van der Waals surface area contributed by atoms with Gasteiger partial charge in [-0.25, -0.2) is 9.37 Å². The second kappa shape index (κ2) is 8.91. The maximum atomic E-state index is 13.3. The molecule has 0 unspecified atom stereocenters. The number of nitrogens with one attached hydrogen (secondary N) is 1. The van der Waals surface area contributed by atoms with Crippen LogP contribution < -0.4 is 5.32 Å². The van der Waals surface area contributed by atoms with Gasteiger partial charge in [0.25, 0.3) is 0 Å². The van der Waals surface area contributed by atoms with E-state index in [1.807, 2.05) is 10.6 Å². The first-order valence-electron chi connectivity index (χ1n) is 10.8. The fourth-order valence-corrected chi connectivity index (χ4v) is 4.14. The summed E-state index contributed by atoms with van der Waals surface area (Å²) in [5.41, 5.74) is 5.09. The summed E-state index contributed by atoms with van der Waals surface area (Å²) in [4.78, 5) is 7.35. The van der Waals surface area contributed by atoms with Gasteiger partial charge in [-0.05, 0) is 76.0 Å². The van der Waals surface area contributed by atoms with Crippen LogP contribution in [0.2, 0.25) is 0 Å². The molecule has 0 fully saturated rings. The van der Waals surface area contributed by atoms with Gasteiger partial charge in [0.2, 0.25) is 0 Å². The predicted molar refractivity (Wildman–Crippen MR) is 116 cm³/mol. The van der Waals surface area contributed by atoms with Gasteiger partial charge >= 0.3 is 0 Å². The highest BCUT2D eigenvalue weighted by molar-refractivity contribution is 5.67. The third-order valence-electron chi connectivity index (χ3n) is 5.85. The molecule has 2 heterocycles. The third kappa shape index (κ3) is 4.27. The summed E-state index contributed by atoms with van der Waals surface area (Å²) < 4.78 is 15.2. The molecule has 0 radical (unpaired) electrons. The number of benzene rings is 1. The van der Waals surface area contributed by atoms with E-state index in [1.54, 1.807) is 12.1 Å². The highest BCUT2D eigenvalue weighted by atomic mass is 19.1. The lowest BCUT2D eigenvalue weighted by Gasteiger charge is -2.21. The van der Waals surface area contributed by atoms with Crippen molar-refractivity contribution in [2.75, 3.05) is 31.5 Å². The fraction of sp³-hybridized carbons (Fsp3) is 0.478. The molecule has 0 aliphatic heterocycles. The molecule has 0 spiro atoms. The van der Waals surface area contributed by atoms with E-state index in [9.17, 15) is 4.39 Å². The summed E-state index contributed by atoms with van der Waals surface area (Å²) in [6.07, 6.45) is 5.54. The van der Waals surface area contributed by atoms with E-state index in [-0.39, 0.29) is 5.82 Å². The van der Waals surface area contributed by atoms with Crippen LogP contribution in [0.1, 0.15) is 44.4 Å². The van der Waals surface area contributed by atoms with Crippen LogP contribution in [0.15, 0.2) is 30.3 Å². The highest BCUT2D eigenvalue weighted by Crippen LogP contribution is 2.29. The third-order valence-corrected chi connectivity index (χ3v) is 5.85. The summed E-state index contributed by atoms with van der Waals surface area (Å²) >= 11 is 0. The van der Waals surface area contributed by atoms with Crippen LogP contribution in [0.5, 0.6) is 0 Å². The maximum Gasteiger partial charge on any atom is 0.158 e. The Bertz CT molecular complexity index is 960. The number of halogens is 1. The molecule has 6 heteroatoms. The molecule has 0 bridgehead atoms. The predicted octanol–water partition coefficient (Wildman–Crippen LogP) is 4.56. The van der Waals surface area contributed by atoms with Crippen LogP contribution in [-0.4, -0.2) is 45.7 Å². The molecule has 4 rings (SSSR count). The van der Waals surface area contributed by atoms with Crippen molar-refractivity contribution in [2.24, 2.45) is 0 Å². The molecule has 1 aliphatic rings. The van der Waals surface area contributed by atoms with E-state index >= 15 is 0 Å². The van der Waals surface area contributed by atoms with Crippen LogP contribution in [0.4, 0.5) is 10.2 Å². The van der Waals surface area contributed by atoms with E-state index < -0.39 is 0 Å². The van der Waals surface area contributed by atoms with Crippen molar-refractivity contribution in [3.05, 3.63) is 47.4 Å². The monoisotopic (exact) mass is 395 g/mol. The number of aryl methyl sites for hydroxylation is 1. The lowest BCUT2D eigenvalue weighted by atomic mass is 9.96. The normalized spacial score (nSPS) is 13.8. The molecule has 0 amide bonds. The quantitative estimate of drug-likeness (QED) is 0.568. The van der Waals surface area contributed by atoms with Crippen molar-refractivity contribution in [2.45, 2.75) is 46.0 Å². The summed E-state index contributed by atoms with van der Waals surface area (Å²) in [5.74, 6) is 0.847. The Morgan fingerprint density at radius 3 is 2.62 bits per heavy atom. The van der Waals surface area contributed by atoms with Crippen molar-refractivity contribution >= 4 is 11.5 Å². The molecule has 2 aromatic heterocycles. The summed E-state index contributed by atoms with van der Waals surface area (Å²) in [6, 6.07) is 8.50. The van der Waals surface area contributed by atoms with Crippen molar-refractivity contribution in [1.82, 2.24) is 19.5 Å². The van der Waals surface area contributed by atoms with E-state index in [2.05, 4.69) is 24.1 Å². The number of aromatic nitrogens is 3. The van der Waals surface area contributed by atoms with Crippen molar-refractivity contribution in [3.63, 3.8) is 0 Å². The number of fused-ring (bicyclic) bond motifs is 2. The van der Waals surface area contributed by atoms with E-state index in [1.165, 1.54) is 36.2 Å². The minimum absolute atomic E-state index is 0.235. The minimum atomic E-state index is -0.235. The first kappa shape index (κ1) is 19.8. The van der Waals surface area contributed by atoms with Crippen LogP contribution in [-0.2, 0) is 12.8 Å². The highest BCUT2D eigenvalue weighted by Gasteiger charge is 2.20. The zero-order valence-electron chi connectivity index (χ0n) is 17.4. The van der Waals surface area contributed by atoms with Gasteiger partial charge in [-0.1, -0.05) is 13.8 Å². The summed E-state index contributed by atoms with van der Waals surface area (Å²) in [6.45, 7) is 8.60. The Balaban J connectivity index is 1.64. The Hall–Kier alpha value is -2.47. The van der Waals surface area contributed by atoms with E-state index in [0.29, 0.717) is 0 Å². The number of hydrogen-bond donors (Lipinski definition) is 1. The van der Waals surface area contributed by atoms with Crippen LogP contribution in [0.3, 0.4) is 0 Å².